The van der Waals surface area contributed by atoms with Crippen molar-refractivity contribution in [2.45, 2.75) is 31.8 Å². The van der Waals surface area contributed by atoms with Gasteiger partial charge in [-0.2, -0.15) is 0 Å². The van der Waals surface area contributed by atoms with Crippen molar-refractivity contribution < 1.29 is 28.9 Å². The Morgan fingerprint density at radius 3 is 2.84 bits per heavy atom. The molecule has 192 valence electrons. The normalized spacial score (nSPS) is 19.6. The number of oxime groups is 1. The van der Waals surface area contributed by atoms with Crippen LogP contribution in [0, 0.1) is 13.8 Å². The molecule has 2 amide bonds. The molecule has 1 saturated heterocycles. The van der Waals surface area contributed by atoms with E-state index in [2.05, 4.69) is 21.5 Å². The number of carboxylic acid groups (broad SMARTS) is 1. The van der Waals surface area contributed by atoms with Crippen LogP contribution in [0.15, 0.2) is 46.3 Å². The van der Waals surface area contributed by atoms with Crippen molar-refractivity contribution >= 4 is 57.4 Å². The maximum Gasteiger partial charge on any atom is 0.352 e. The van der Waals surface area contributed by atoms with Crippen molar-refractivity contribution in [3.63, 3.8) is 0 Å². The number of aliphatic carboxylic acids is 1. The van der Waals surface area contributed by atoms with Gasteiger partial charge in [-0.15, -0.1) is 23.1 Å². The van der Waals surface area contributed by atoms with Gasteiger partial charge >= 0.3 is 5.97 Å². The second kappa shape index (κ2) is 9.52. The SMILES string of the molecule is CO/N=C(\C(=O)N[C@@H]1C(=O)N2C(C(=O)O)=C(C[n+]3ccn4c(C)cc(C)cc43)CS[C@H]12)c1csc(N)n1. The summed E-state index contributed by atoms with van der Waals surface area (Å²) in [7, 11) is 1.29. The van der Waals surface area contributed by atoms with Crippen LogP contribution >= 0.6 is 23.1 Å². The summed E-state index contributed by atoms with van der Waals surface area (Å²) in [5, 5.41) is 17.7. The molecular weight excluding hydrogens is 518 g/mol. The number of carbonyl (C=O) groups is 3. The van der Waals surface area contributed by atoms with Gasteiger partial charge in [0.25, 0.3) is 17.5 Å². The quantitative estimate of drug-likeness (QED) is 0.170. The fourth-order valence-corrected chi connectivity index (χ4v) is 6.46. The number of amides is 2. The van der Waals surface area contributed by atoms with Crippen LogP contribution in [0.3, 0.4) is 0 Å². The van der Waals surface area contributed by atoms with Gasteiger partial charge in [0.05, 0.1) is 0 Å². The van der Waals surface area contributed by atoms with Gasteiger partial charge in [0.1, 0.15) is 54.5 Å². The van der Waals surface area contributed by atoms with Gasteiger partial charge in [-0.1, -0.05) is 5.16 Å². The molecule has 0 saturated carbocycles. The molecular formula is C23H24N7O5S2+. The van der Waals surface area contributed by atoms with Crippen molar-refractivity contribution in [2.24, 2.45) is 5.16 Å². The number of hydrogen-bond acceptors (Lipinski definition) is 9. The summed E-state index contributed by atoms with van der Waals surface area (Å²) in [4.78, 5) is 48.4. The molecule has 3 aromatic rings. The van der Waals surface area contributed by atoms with Crippen molar-refractivity contribution in [1.82, 2.24) is 19.6 Å². The highest BCUT2D eigenvalue weighted by molar-refractivity contribution is 8.00. The van der Waals surface area contributed by atoms with Crippen molar-refractivity contribution in [3.05, 3.63) is 58.1 Å². The van der Waals surface area contributed by atoms with E-state index in [1.165, 1.54) is 23.8 Å². The number of nitrogens with one attached hydrogen (secondary N) is 1. The summed E-state index contributed by atoms with van der Waals surface area (Å²) in [6.45, 7) is 4.33. The van der Waals surface area contributed by atoms with Crippen LogP contribution in [0.25, 0.3) is 5.65 Å². The van der Waals surface area contributed by atoms with Crippen molar-refractivity contribution in [2.75, 3.05) is 18.6 Å². The molecule has 2 atom stereocenters. The number of anilines is 1. The number of pyridine rings is 1. The molecule has 5 rings (SSSR count). The van der Waals surface area contributed by atoms with Gasteiger partial charge < -0.3 is 21.0 Å². The van der Waals surface area contributed by atoms with Crippen LogP contribution in [0.1, 0.15) is 17.0 Å². The number of nitrogens with two attached hydrogens (primary N) is 1. The van der Waals surface area contributed by atoms with E-state index in [0.717, 1.165) is 28.2 Å². The van der Waals surface area contributed by atoms with Crippen LogP contribution in [0.4, 0.5) is 5.13 Å². The number of fused-ring (bicyclic) bond motifs is 2. The van der Waals surface area contributed by atoms with E-state index < -0.39 is 29.2 Å². The minimum atomic E-state index is -1.19. The molecule has 5 heterocycles. The Hall–Kier alpha value is -3.91. The van der Waals surface area contributed by atoms with Crippen molar-refractivity contribution in [1.29, 1.82) is 0 Å². The third-order valence-corrected chi connectivity index (χ3v) is 8.18. The Morgan fingerprint density at radius 1 is 1.38 bits per heavy atom. The van der Waals surface area contributed by atoms with E-state index in [1.807, 2.05) is 41.3 Å². The molecule has 4 N–H and O–H groups in total. The number of rotatable bonds is 7. The third kappa shape index (κ3) is 4.31. The number of carboxylic acids is 1. The lowest BCUT2D eigenvalue weighted by molar-refractivity contribution is -0.662. The minimum absolute atomic E-state index is 0.0477. The lowest BCUT2D eigenvalue weighted by atomic mass is 10.0. The Morgan fingerprint density at radius 2 is 2.16 bits per heavy atom. The summed E-state index contributed by atoms with van der Waals surface area (Å²) in [5.41, 5.74) is 9.41. The number of carbonyl (C=O) groups excluding carboxylic acids is 2. The van der Waals surface area contributed by atoms with Gasteiger partial charge in [-0.05, 0) is 25.5 Å². The van der Waals surface area contributed by atoms with Crippen LogP contribution in [0.2, 0.25) is 0 Å². The summed E-state index contributed by atoms with van der Waals surface area (Å²) in [5.74, 6) is -1.97. The number of aryl methyl sites for hydroxylation is 2. The first-order valence-corrected chi connectivity index (χ1v) is 13.1. The fraction of sp³-hybridized carbons (Fsp3) is 0.304. The summed E-state index contributed by atoms with van der Waals surface area (Å²) < 4.78 is 4.00. The van der Waals surface area contributed by atoms with Gasteiger partial charge in [0, 0.05) is 22.8 Å². The Bertz CT molecular complexity index is 1510. The Labute approximate surface area is 219 Å². The molecule has 2 aliphatic rings. The standard InChI is InChI=1S/C23H23N7O5S2/c1-11-6-12(2)29-5-4-28(15(29)7-11)8-13-9-36-21-17(20(32)30(21)18(13)22(33)34)26-19(31)16(27-35-3)14-10-37-23(24)25-14/h4-7,10,17,21H,8-9H2,1-3H3,(H3-,24,25,26,31,33,34)/p+1/b27-16-/t17-,21-/m1/s1. The molecule has 2 aliphatic heterocycles. The van der Waals surface area contributed by atoms with E-state index in [1.54, 1.807) is 5.38 Å². The zero-order valence-electron chi connectivity index (χ0n) is 20.2. The summed E-state index contributed by atoms with van der Waals surface area (Å²) >= 11 is 2.54. The van der Waals surface area contributed by atoms with E-state index in [4.69, 9.17) is 10.6 Å². The first kappa shape index (κ1) is 24.8. The first-order valence-electron chi connectivity index (χ1n) is 11.2. The smallest absolute Gasteiger partial charge is 0.352 e. The lowest BCUT2D eigenvalue weighted by Gasteiger charge is -2.49. The number of nitrogen functional groups attached to an aromatic ring is 1. The van der Waals surface area contributed by atoms with Crippen LogP contribution < -0.4 is 15.6 Å². The lowest BCUT2D eigenvalue weighted by Crippen LogP contribution is -2.71. The molecule has 0 bridgehead atoms. The molecule has 0 spiro atoms. The minimum Gasteiger partial charge on any atom is -0.477 e. The predicted molar refractivity (Wildman–Crippen MR) is 137 cm³/mol. The second-order valence-corrected chi connectivity index (χ2v) is 10.6. The highest BCUT2D eigenvalue weighted by Crippen LogP contribution is 2.40. The molecule has 0 radical (unpaired) electrons. The maximum absolute atomic E-state index is 13.1. The van der Waals surface area contributed by atoms with E-state index in [0.29, 0.717) is 17.9 Å². The molecule has 1 fully saturated rings. The monoisotopic (exact) mass is 542 g/mol. The molecule has 12 nitrogen and oxygen atoms in total. The average Bonchev–Trinajstić information content (AvgIpc) is 3.46. The van der Waals surface area contributed by atoms with Crippen LogP contribution in [0.5, 0.6) is 0 Å². The second-order valence-electron chi connectivity index (χ2n) is 8.64. The Balaban J connectivity index is 1.39. The number of nitrogens with zero attached hydrogens (tertiary/aromatic N) is 5. The maximum atomic E-state index is 13.1. The number of β-lactam (4-membered cyclic amide) rings is 1. The van der Waals surface area contributed by atoms with E-state index >= 15 is 0 Å². The molecule has 14 heteroatoms. The van der Waals surface area contributed by atoms with E-state index in [-0.39, 0.29) is 22.2 Å². The summed E-state index contributed by atoms with van der Waals surface area (Å²) in [6, 6.07) is 3.18. The number of thiazole rings is 1. The highest BCUT2D eigenvalue weighted by Gasteiger charge is 2.54. The van der Waals surface area contributed by atoms with Gasteiger partial charge in [0.2, 0.25) is 0 Å². The predicted octanol–water partition coefficient (Wildman–Crippen LogP) is 0.672. The Kier molecular flexibility index (Phi) is 6.37. The molecule has 3 aromatic heterocycles. The van der Waals surface area contributed by atoms with Crippen LogP contribution in [-0.4, -0.2) is 67.2 Å². The zero-order chi connectivity index (χ0) is 26.4. The van der Waals surface area contributed by atoms with Gasteiger partial charge in [-0.25, -0.2) is 18.7 Å². The number of imidazole rings is 1. The molecule has 0 aromatic carbocycles. The highest BCUT2D eigenvalue weighted by atomic mass is 32.2. The third-order valence-electron chi connectivity index (χ3n) is 6.17. The zero-order valence-corrected chi connectivity index (χ0v) is 21.8. The summed E-state index contributed by atoms with van der Waals surface area (Å²) in [6.07, 6.45) is 3.83. The van der Waals surface area contributed by atoms with Gasteiger partial charge in [0.15, 0.2) is 10.8 Å². The topological polar surface area (TPSA) is 156 Å². The fourth-order valence-electron chi connectivity index (χ4n) is 4.58. The average molecular weight is 543 g/mol. The van der Waals surface area contributed by atoms with Crippen LogP contribution in [-0.2, 0) is 25.8 Å². The largest absolute Gasteiger partial charge is 0.477 e. The van der Waals surface area contributed by atoms with Crippen molar-refractivity contribution in [3.8, 4) is 0 Å². The van der Waals surface area contributed by atoms with Gasteiger partial charge in [-0.3, -0.25) is 14.5 Å². The number of thioether (sulfide) groups is 1. The molecule has 0 unspecified atom stereocenters. The first-order chi connectivity index (χ1) is 17.7. The molecule has 0 aliphatic carbocycles. The number of hydrogen-bond donors (Lipinski definition) is 3. The number of aromatic nitrogens is 3. The molecule has 37 heavy (non-hydrogen) atoms. The van der Waals surface area contributed by atoms with E-state index in [9.17, 15) is 19.5 Å².